The van der Waals surface area contributed by atoms with E-state index in [-0.39, 0.29) is 42.1 Å². The number of nitrogens with zero attached hydrogens (tertiary/aromatic N) is 4. The molecule has 2 fully saturated rings. The molecule has 1 saturated heterocycles. The standard InChI is InChI=1S/C32H39F3N6O2/c1-30(2)15-26(40(18-30)19-36)29(43)41(23-5-6-24-25(14-23)38-12-11-31(24,3)4)27(20-13-21(33)17-37-16-20)28(42)39-22-7-9-32(34,35)10-8-22/h5-6,13-14,16-17,22,26-27,38H,7-12,15,18H2,1-4H3,(H,39,42)/t26-,27-/m1/s1. The third-order valence-electron chi connectivity index (χ3n) is 9.06. The van der Waals surface area contributed by atoms with Gasteiger partial charge in [0, 0.05) is 55.1 Å². The zero-order valence-corrected chi connectivity index (χ0v) is 25.1. The Labute approximate surface area is 250 Å². The molecule has 1 aliphatic carbocycles. The van der Waals surface area contributed by atoms with Crippen molar-refractivity contribution >= 4 is 23.2 Å². The summed E-state index contributed by atoms with van der Waals surface area (Å²) in [4.78, 5) is 35.5. The molecule has 2 N–H and O–H groups in total. The van der Waals surface area contributed by atoms with Crippen LogP contribution in [0.5, 0.6) is 0 Å². The lowest BCUT2D eigenvalue weighted by Crippen LogP contribution is -2.52. The van der Waals surface area contributed by atoms with E-state index >= 15 is 0 Å². The van der Waals surface area contributed by atoms with Gasteiger partial charge in [-0.15, -0.1) is 0 Å². The molecule has 1 aromatic heterocycles. The average Bonchev–Trinajstić information content (AvgIpc) is 3.26. The van der Waals surface area contributed by atoms with Crippen LogP contribution >= 0.6 is 0 Å². The summed E-state index contributed by atoms with van der Waals surface area (Å²) in [5, 5.41) is 16.2. The second kappa shape index (κ2) is 11.4. The number of amides is 2. The number of anilines is 2. The highest BCUT2D eigenvalue weighted by Gasteiger charge is 2.46. The summed E-state index contributed by atoms with van der Waals surface area (Å²) >= 11 is 0. The van der Waals surface area contributed by atoms with Crippen molar-refractivity contribution in [2.24, 2.45) is 5.41 Å². The second-order valence-electron chi connectivity index (χ2n) is 13.6. The zero-order chi connectivity index (χ0) is 31.2. The number of pyridine rings is 1. The van der Waals surface area contributed by atoms with Gasteiger partial charge in [0.25, 0.3) is 5.91 Å². The maximum Gasteiger partial charge on any atom is 0.251 e. The number of carbonyl (C=O) groups is 2. The summed E-state index contributed by atoms with van der Waals surface area (Å²) in [5.41, 5.74) is 1.96. The van der Waals surface area contributed by atoms with Gasteiger partial charge in [-0.2, -0.15) is 5.26 Å². The van der Waals surface area contributed by atoms with E-state index in [2.05, 4.69) is 35.7 Å². The fraction of sp³-hybridized carbons (Fsp3) is 0.562. The smallest absolute Gasteiger partial charge is 0.251 e. The predicted octanol–water partition coefficient (Wildman–Crippen LogP) is 5.66. The Bertz CT molecular complexity index is 1430. The average molecular weight is 597 g/mol. The van der Waals surface area contributed by atoms with E-state index < -0.39 is 41.7 Å². The fourth-order valence-corrected chi connectivity index (χ4v) is 6.68. The van der Waals surface area contributed by atoms with Crippen molar-refractivity contribution in [2.45, 2.75) is 95.7 Å². The van der Waals surface area contributed by atoms with Gasteiger partial charge < -0.3 is 10.6 Å². The molecule has 1 aromatic carbocycles. The van der Waals surface area contributed by atoms with Crippen molar-refractivity contribution in [1.82, 2.24) is 15.2 Å². The molecule has 0 spiro atoms. The minimum Gasteiger partial charge on any atom is -0.385 e. The summed E-state index contributed by atoms with van der Waals surface area (Å²) in [6.07, 6.45) is 5.23. The molecule has 2 aliphatic heterocycles. The van der Waals surface area contributed by atoms with Crippen LogP contribution in [0.25, 0.3) is 0 Å². The van der Waals surface area contributed by atoms with E-state index in [4.69, 9.17) is 0 Å². The lowest BCUT2D eigenvalue weighted by atomic mass is 9.78. The number of halogens is 3. The van der Waals surface area contributed by atoms with Crippen LogP contribution in [0.1, 0.15) is 83.4 Å². The molecule has 43 heavy (non-hydrogen) atoms. The summed E-state index contributed by atoms with van der Waals surface area (Å²) in [7, 11) is 0. The summed E-state index contributed by atoms with van der Waals surface area (Å²) in [6.45, 7) is 9.31. The molecule has 11 heteroatoms. The quantitative estimate of drug-likeness (QED) is 0.417. The lowest BCUT2D eigenvalue weighted by molar-refractivity contribution is -0.129. The van der Waals surface area contributed by atoms with Gasteiger partial charge in [0.1, 0.15) is 17.9 Å². The van der Waals surface area contributed by atoms with Crippen LogP contribution in [0.3, 0.4) is 0 Å². The number of carbonyl (C=O) groups excluding carboxylic acids is 2. The normalized spacial score (nSPS) is 22.9. The molecule has 3 heterocycles. The van der Waals surface area contributed by atoms with Crippen LogP contribution in [0.15, 0.2) is 36.7 Å². The van der Waals surface area contributed by atoms with Gasteiger partial charge in [-0.3, -0.25) is 24.4 Å². The minimum absolute atomic E-state index is 0.0810. The molecule has 1 saturated carbocycles. The minimum atomic E-state index is -2.78. The van der Waals surface area contributed by atoms with Crippen molar-refractivity contribution in [1.29, 1.82) is 5.26 Å². The van der Waals surface area contributed by atoms with Gasteiger partial charge in [0.2, 0.25) is 11.8 Å². The third kappa shape index (κ3) is 6.43. The van der Waals surface area contributed by atoms with Crippen LogP contribution in [-0.4, -0.2) is 52.8 Å². The number of rotatable bonds is 6. The Morgan fingerprint density at radius 2 is 1.86 bits per heavy atom. The van der Waals surface area contributed by atoms with E-state index in [1.165, 1.54) is 16.0 Å². The molecule has 230 valence electrons. The number of hydrogen-bond donors (Lipinski definition) is 2. The Morgan fingerprint density at radius 3 is 2.53 bits per heavy atom. The number of likely N-dealkylation sites (tertiary alicyclic amines) is 1. The van der Waals surface area contributed by atoms with Gasteiger partial charge in [-0.25, -0.2) is 13.2 Å². The number of fused-ring (bicyclic) bond motifs is 1. The number of nitrogens with one attached hydrogen (secondary N) is 2. The van der Waals surface area contributed by atoms with Crippen LogP contribution in [-0.2, 0) is 15.0 Å². The Hall–Kier alpha value is -3.81. The van der Waals surface area contributed by atoms with Crippen molar-refractivity contribution in [3.63, 3.8) is 0 Å². The molecule has 2 atom stereocenters. The number of benzene rings is 1. The second-order valence-corrected chi connectivity index (χ2v) is 13.6. The largest absolute Gasteiger partial charge is 0.385 e. The van der Waals surface area contributed by atoms with Crippen molar-refractivity contribution in [3.8, 4) is 6.19 Å². The highest BCUT2D eigenvalue weighted by molar-refractivity contribution is 6.04. The highest BCUT2D eigenvalue weighted by Crippen LogP contribution is 2.42. The molecule has 2 amide bonds. The zero-order valence-electron chi connectivity index (χ0n) is 25.1. The molecular formula is C32H39F3N6O2. The topological polar surface area (TPSA) is 101 Å². The molecule has 2 aromatic rings. The first kappa shape index (κ1) is 30.6. The van der Waals surface area contributed by atoms with Gasteiger partial charge >= 0.3 is 0 Å². The lowest BCUT2D eigenvalue weighted by Gasteiger charge is -2.38. The van der Waals surface area contributed by atoms with Gasteiger partial charge in [0.15, 0.2) is 6.19 Å². The van der Waals surface area contributed by atoms with Crippen molar-refractivity contribution in [3.05, 3.63) is 53.6 Å². The van der Waals surface area contributed by atoms with Gasteiger partial charge in [0.05, 0.1) is 6.20 Å². The first-order valence-corrected chi connectivity index (χ1v) is 14.9. The maximum atomic E-state index is 14.6. The molecule has 3 aliphatic rings. The first-order valence-electron chi connectivity index (χ1n) is 14.9. The van der Waals surface area contributed by atoms with Crippen LogP contribution in [0.2, 0.25) is 0 Å². The number of hydrogen-bond acceptors (Lipinski definition) is 6. The summed E-state index contributed by atoms with van der Waals surface area (Å²) < 4.78 is 42.4. The van der Waals surface area contributed by atoms with Crippen molar-refractivity contribution in [2.75, 3.05) is 23.3 Å². The van der Waals surface area contributed by atoms with Crippen LogP contribution < -0.4 is 15.5 Å². The SMILES string of the molecule is CC1(C)C[C@H](C(=O)N(c2ccc3c(c2)NCCC3(C)C)[C@@H](C(=O)NC2CCC(F)(F)CC2)c2cncc(F)c2)N(C#N)C1. The maximum absolute atomic E-state index is 14.6. The van der Waals surface area contributed by atoms with E-state index in [1.54, 1.807) is 6.07 Å². The van der Waals surface area contributed by atoms with Gasteiger partial charge in [-0.1, -0.05) is 33.8 Å². The molecule has 0 radical (unpaired) electrons. The van der Waals surface area contributed by atoms with E-state index in [9.17, 15) is 28.0 Å². The molecular weight excluding hydrogens is 557 g/mol. The Balaban J connectivity index is 1.61. The Kier molecular flexibility index (Phi) is 8.09. The summed E-state index contributed by atoms with van der Waals surface area (Å²) in [6, 6.07) is 3.94. The fourth-order valence-electron chi connectivity index (χ4n) is 6.68. The van der Waals surface area contributed by atoms with E-state index in [1.807, 2.05) is 26.0 Å². The Morgan fingerprint density at radius 1 is 1.14 bits per heavy atom. The monoisotopic (exact) mass is 596 g/mol. The van der Waals surface area contributed by atoms with Gasteiger partial charge in [-0.05, 0) is 60.3 Å². The van der Waals surface area contributed by atoms with Crippen molar-refractivity contribution < 1.29 is 22.8 Å². The molecule has 8 nitrogen and oxygen atoms in total. The predicted molar refractivity (Wildman–Crippen MR) is 157 cm³/mol. The molecule has 0 bridgehead atoms. The highest BCUT2D eigenvalue weighted by atomic mass is 19.3. The van der Waals surface area contributed by atoms with Crippen LogP contribution in [0, 0.1) is 22.7 Å². The first-order chi connectivity index (χ1) is 20.2. The number of aromatic nitrogens is 1. The summed E-state index contributed by atoms with van der Waals surface area (Å²) in [5.74, 6) is -4.58. The third-order valence-corrected chi connectivity index (χ3v) is 9.06. The molecule has 5 rings (SSSR count). The van der Waals surface area contributed by atoms with Crippen LogP contribution in [0.4, 0.5) is 24.5 Å². The molecule has 0 unspecified atom stereocenters. The van der Waals surface area contributed by atoms with E-state index in [0.29, 0.717) is 18.7 Å². The number of nitriles is 1. The number of alkyl halides is 2. The van der Waals surface area contributed by atoms with E-state index in [0.717, 1.165) is 36.5 Å².